The molecule has 1 fully saturated rings. The predicted octanol–water partition coefficient (Wildman–Crippen LogP) is 0.418. The van der Waals surface area contributed by atoms with Gasteiger partial charge in [0.2, 0.25) is 17.7 Å². The van der Waals surface area contributed by atoms with Crippen molar-refractivity contribution in [1.29, 1.82) is 0 Å². The number of anilines is 1. The smallest absolute Gasteiger partial charge is 0.242 e. The van der Waals surface area contributed by atoms with E-state index in [0.717, 1.165) is 38.3 Å². The highest BCUT2D eigenvalue weighted by molar-refractivity contribution is 5.80. The lowest BCUT2D eigenvalue weighted by Crippen LogP contribution is -2.48. The molecule has 21 heavy (non-hydrogen) atoms. The van der Waals surface area contributed by atoms with Crippen LogP contribution in [0.15, 0.2) is 6.07 Å². The van der Waals surface area contributed by atoms with Gasteiger partial charge in [0.05, 0.1) is 13.2 Å². The Kier molecular flexibility index (Phi) is 5.74. The summed E-state index contributed by atoms with van der Waals surface area (Å²) in [5, 5.41) is 6.21. The Bertz CT molecular complexity index is 474. The van der Waals surface area contributed by atoms with Crippen molar-refractivity contribution in [3.05, 3.63) is 11.8 Å². The third kappa shape index (κ3) is 4.86. The second-order valence-corrected chi connectivity index (χ2v) is 5.00. The number of hydrogen-bond acceptors (Lipinski definition) is 6. The van der Waals surface area contributed by atoms with E-state index in [1.54, 1.807) is 6.07 Å². The fraction of sp³-hybridized carbons (Fsp3) is 0.643. The summed E-state index contributed by atoms with van der Waals surface area (Å²) < 4.78 is 5.51. The first kappa shape index (κ1) is 15.5. The zero-order valence-corrected chi connectivity index (χ0v) is 12.7. The van der Waals surface area contributed by atoms with Crippen molar-refractivity contribution in [3.63, 3.8) is 0 Å². The Hall–Kier alpha value is -1.89. The fourth-order valence-corrected chi connectivity index (χ4v) is 2.08. The fourth-order valence-electron chi connectivity index (χ4n) is 2.08. The number of ether oxygens (including phenoxy) is 1. The maximum absolute atomic E-state index is 12.1. The lowest BCUT2D eigenvalue weighted by molar-refractivity contribution is -0.129. The van der Waals surface area contributed by atoms with Gasteiger partial charge < -0.3 is 20.3 Å². The molecule has 1 aromatic rings. The molecule has 116 valence electrons. The van der Waals surface area contributed by atoms with Crippen LogP contribution in [0.5, 0.6) is 5.88 Å². The van der Waals surface area contributed by atoms with Gasteiger partial charge in [0, 0.05) is 37.9 Å². The number of nitrogens with one attached hydrogen (secondary N) is 2. The minimum absolute atomic E-state index is 0.0673. The van der Waals surface area contributed by atoms with Gasteiger partial charge in [-0.15, -0.1) is 0 Å². The van der Waals surface area contributed by atoms with E-state index in [4.69, 9.17) is 4.74 Å². The van der Waals surface area contributed by atoms with Gasteiger partial charge >= 0.3 is 0 Å². The average Bonchev–Trinajstić information content (AvgIpc) is 2.51. The van der Waals surface area contributed by atoms with Gasteiger partial charge in [-0.05, 0) is 13.3 Å². The van der Waals surface area contributed by atoms with E-state index in [-0.39, 0.29) is 12.5 Å². The van der Waals surface area contributed by atoms with E-state index in [9.17, 15) is 4.79 Å². The van der Waals surface area contributed by atoms with Gasteiger partial charge in [0.1, 0.15) is 0 Å². The molecule has 0 spiro atoms. The van der Waals surface area contributed by atoms with Crippen LogP contribution in [0.1, 0.15) is 19.0 Å². The molecule has 0 unspecified atom stereocenters. The first-order chi connectivity index (χ1) is 10.2. The number of rotatable bonds is 6. The lowest BCUT2D eigenvalue weighted by atomic mass is 10.3. The van der Waals surface area contributed by atoms with Gasteiger partial charge in [-0.3, -0.25) is 4.79 Å². The number of carbonyl (C=O) groups is 1. The predicted molar refractivity (Wildman–Crippen MR) is 80.5 cm³/mol. The first-order valence-corrected chi connectivity index (χ1v) is 7.40. The highest BCUT2D eigenvalue weighted by Gasteiger charge is 2.16. The van der Waals surface area contributed by atoms with E-state index in [1.807, 2.05) is 18.7 Å². The quantitative estimate of drug-likeness (QED) is 0.791. The number of aromatic nitrogens is 2. The Morgan fingerprint density at radius 2 is 2.19 bits per heavy atom. The Morgan fingerprint density at radius 3 is 2.90 bits per heavy atom. The van der Waals surface area contributed by atoms with Crippen molar-refractivity contribution in [1.82, 2.24) is 20.2 Å². The molecule has 2 N–H and O–H groups in total. The van der Waals surface area contributed by atoms with Crippen molar-refractivity contribution in [2.75, 3.05) is 44.6 Å². The minimum atomic E-state index is 0.0673. The summed E-state index contributed by atoms with van der Waals surface area (Å²) in [6, 6.07) is 1.79. The Balaban J connectivity index is 1.89. The second-order valence-electron chi connectivity index (χ2n) is 5.00. The molecular weight excluding hydrogens is 270 g/mol. The van der Waals surface area contributed by atoms with E-state index in [0.29, 0.717) is 18.4 Å². The van der Waals surface area contributed by atoms with Crippen LogP contribution < -0.4 is 15.4 Å². The zero-order chi connectivity index (χ0) is 15.1. The summed E-state index contributed by atoms with van der Waals surface area (Å²) in [5.74, 6) is 1.05. The van der Waals surface area contributed by atoms with Crippen molar-refractivity contribution in [2.45, 2.75) is 20.3 Å². The number of aryl methyl sites for hydroxylation is 1. The van der Waals surface area contributed by atoms with E-state index in [2.05, 4.69) is 20.6 Å². The summed E-state index contributed by atoms with van der Waals surface area (Å²) in [5.41, 5.74) is 0.813. The summed E-state index contributed by atoms with van der Waals surface area (Å²) in [7, 11) is 0. The molecule has 0 aromatic carbocycles. The van der Waals surface area contributed by atoms with Crippen molar-refractivity contribution in [3.8, 4) is 5.88 Å². The molecule has 0 saturated carbocycles. The van der Waals surface area contributed by atoms with E-state index < -0.39 is 0 Å². The van der Waals surface area contributed by atoms with Gasteiger partial charge in [-0.2, -0.15) is 4.98 Å². The van der Waals surface area contributed by atoms with Crippen LogP contribution in [0.2, 0.25) is 0 Å². The van der Waals surface area contributed by atoms with Gasteiger partial charge in [0.15, 0.2) is 0 Å². The molecule has 7 nitrogen and oxygen atoms in total. The highest BCUT2D eigenvalue weighted by Crippen LogP contribution is 2.12. The molecule has 1 aliphatic heterocycles. The number of amides is 1. The summed E-state index contributed by atoms with van der Waals surface area (Å²) in [4.78, 5) is 22.4. The average molecular weight is 293 g/mol. The number of piperazine rings is 1. The summed E-state index contributed by atoms with van der Waals surface area (Å²) in [6.45, 7) is 7.94. The number of nitrogens with zero attached hydrogens (tertiary/aromatic N) is 3. The standard InChI is InChI=1S/C14H23N5O2/c1-3-8-21-12-9-11(2)17-14(18-12)16-10-13(20)19-6-4-15-5-7-19/h9,15H,3-8,10H2,1-2H3,(H,16,17,18). The molecule has 1 aliphatic rings. The van der Waals surface area contributed by atoms with Crippen LogP contribution in [-0.2, 0) is 4.79 Å². The van der Waals surface area contributed by atoms with Crippen LogP contribution in [0.3, 0.4) is 0 Å². The molecule has 1 aromatic heterocycles. The molecule has 0 bridgehead atoms. The van der Waals surface area contributed by atoms with E-state index >= 15 is 0 Å². The largest absolute Gasteiger partial charge is 0.478 e. The maximum Gasteiger partial charge on any atom is 0.242 e. The van der Waals surface area contributed by atoms with Gasteiger partial charge in [-0.1, -0.05) is 6.92 Å². The molecular formula is C14H23N5O2. The molecule has 2 rings (SSSR count). The minimum Gasteiger partial charge on any atom is -0.478 e. The van der Waals surface area contributed by atoms with Crippen LogP contribution in [-0.4, -0.2) is 60.1 Å². The third-order valence-corrected chi connectivity index (χ3v) is 3.15. The monoisotopic (exact) mass is 293 g/mol. The van der Waals surface area contributed by atoms with E-state index in [1.165, 1.54) is 0 Å². The van der Waals surface area contributed by atoms with Gasteiger partial charge in [0.25, 0.3) is 0 Å². The number of hydrogen-bond donors (Lipinski definition) is 2. The number of carbonyl (C=O) groups excluding carboxylic acids is 1. The van der Waals surface area contributed by atoms with Crippen LogP contribution in [0, 0.1) is 6.92 Å². The Morgan fingerprint density at radius 1 is 1.43 bits per heavy atom. The molecule has 0 atom stereocenters. The lowest BCUT2D eigenvalue weighted by Gasteiger charge is -2.27. The SMILES string of the molecule is CCCOc1cc(C)nc(NCC(=O)N2CCNCC2)n1. The van der Waals surface area contributed by atoms with Crippen molar-refractivity contribution < 1.29 is 9.53 Å². The highest BCUT2D eigenvalue weighted by atomic mass is 16.5. The zero-order valence-electron chi connectivity index (χ0n) is 12.7. The van der Waals surface area contributed by atoms with Crippen molar-refractivity contribution in [2.24, 2.45) is 0 Å². The first-order valence-electron chi connectivity index (χ1n) is 7.40. The van der Waals surface area contributed by atoms with Crippen LogP contribution in [0.4, 0.5) is 5.95 Å². The van der Waals surface area contributed by atoms with Crippen LogP contribution >= 0.6 is 0 Å². The normalized spacial score (nSPS) is 14.9. The van der Waals surface area contributed by atoms with Crippen LogP contribution in [0.25, 0.3) is 0 Å². The molecule has 0 radical (unpaired) electrons. The summed E-state index contributed by atoms with van der Waals surface area (Å²) >= 11 is 0. The second kappa shape index (κ2) is 7.78. The van der Waals surface area contributed by atoms with Crippen molar-refractivity contribution >= 4 is 11.9 Å². The molecule has 1 saturated heterocycles. The molecule has 0 aliphatic carbocycles. The van der Waals surface area contributed by atoms with Gasteiger partial charge in [-0.25, -0.2) is 4.98 Å². The maximum atomic E-state index is 12.1. The molecule has 7 heteroatoms. The Labute approximate surface area is 125 Å². The molecule has 1 amide bonds. The molecule has 2 heterocycles. The summed E-state index contributed by atoms with van der Waals surface area (Å²) in [6.07, 6.45) is 0.924. The third-order valence-electron chi connectivity index (χ3n) is 3.15. The topological polar surface area (TPSA) is 79.4 Å².